The molecule has 0 aromatic heterocycles. The normalized spacial score (nSPS) is 12.9. The Morgan fingerprint density at radius 2 is 1.21 bits per heavy atom. The second-order valence-electron chi connectivity index (χ2n) is 16.0. The number of ether oxygens (including phenoxy) is 1. The molecule has 0 saturated carbocycles. The fourth-order valence-electron chi connectivity index (χ4n) is 8.82. The minimum Gasteiger partial charge on any atom is -0.456 e. The summed E-state index contributed by atoms with van der Waals surface area (Å²) in [5.74, 6) is 1.79. The lowest BCUT2D eigenvalue weighted by atomic mass is 9.71. The van der Waals surface area contributed by atoms with Gasteiger partial charge < -0.3 is 4.74 Å². The van der Waals surface area contributed by atoms with E-state index >= 15 is 0 Å². The van der Waals surface area contributed by atoms with Gasteiger partial charge in [0.2, 0.25) is 0 Å². The van der Waals surface area contributed by atoms with E-state index < -0.39 is 8.07 Å². The molecule has 53 heavy (non-hydrogen) atoms. The molecule has 6 aromatic carbocycles. The van der Waals surface area contributed by atoms with E-state index in [1.165, 1.54) is 60.8 Å². The van der Waals surface area contributed by atoms with Crippen LogP contribution in [0, 0.1) is 13.8 Å². The average molecular weight is 711 g/mol. The molecule has 7 rings (SSSR count). The molecular weight excluding hydrogens is 657 g/mol. The fraction of sp³-hybridized carbons (Fsp3) is 0.255. The van der Waals surface area contributed by atoms with Gasteiger partial charge in [-0.05, 0) is 93.3 Å². The van der Waals surface area contributed by atoms with Crippen molar-refractivity contribution >= 4 is 24.5 Å². The van der Waals surface area contributed by atoms with Gasteiger partial charge >= 0.3 is 0 Å². The Morgan fingerprint density at radius 3 is 1.83 bits per heavy atom. The first-order valence-electron chi connectivity index (χ1n) is 19.5. The van der Waals surface area contributed by atoms with Crippen LogP contribution in [-0.2, 0) is 17.3 Å². The van der Waals surface area contributed by atoms with Gasteiger partial charge in [0.05, 0.1) is 0 Å². The maximum Gasteiger partial charge on any atom is 0.139 e. The molecule has 0 atom stereocenters. The second kappa shape index (κ2) is 14.5. The Hall–Kier alpha value is -4.92. The molecule has 0 unspecified atom stereocenters. The van der Waals surface area contributed by atoms with Crippen LogP contribution in [0.1, 0.15) is 86.1 Å². The van der Waals surface area contributed by atoms with Gasteiger partial charge in [-0.15, -0.1) is 0 Å². The molecule has 0 bridgehead atoms. The van der Waals surface area contributed by atoms with E-state index in [0.717, 1.165) is 30.0 Å². The summed E-state index contributed by atoms with van der Waals surface area (Å²) in [5, 5.41) is 3.07. The Bertz CT molecular complexity index is 2260. The molecule has 1 nitrogen and oxygen atoms in total. The highest BCUT2D eigenvalue weighted by molar-refractivity contribution is 7.03. The van der Waals surface area contributed by atoms with Gasteiger partial charge in [0.15, 0.2) is 0 Å². The van der Waals surface area contributed by atoms with Gasteiger partial charge in [-0.3, -0.25) is 0 Å². The SMILES string of the molecule is CC[Si](CC)(c1cccc2c1C=CC2)c1ccc(C)c(C)c1-c1cc(C(C)(C)c2ccccc2)cc(C(C)(C)c2ccccc2)c1Oc1ccccc1. The van der Waals surface area contributed by atoms with Crippen LogP contribution in [0.25, 0.3) is 17.2 Å². The van der Waals surface area contributed by atoms with Gasteiger partial charge in [0, 0.05) is 22.0 Å². The van der Waals surface area contributed by atoms with Crippen molar-refractivity contribution in [3.8, 4) is 22.6 Å². The summed E-state index contributed by atoms with van der Waals surface area (Å²) in [6.07, 6.45) is 5.76. The van der Waals surface area contributed by atoms with Crippen LogP contribution in [0.15, 0.2) is 140 Å². The maximum atomic E-state index is 7.29. The number of rotatable bonds is 11. The monoisotopic (exact) mass is 710 g/mol. The Morgan fingerprint density at radius 1 is 0.604 bits per heavy atom. The van der Waals surface area contributed by atoms with E-state index in [1.807, 2.05) is 0 Å². The molecule has 0 saturated heterocycles. The van der Waals surface area contributed by atoms with E-state index in [-0.39, 0.29) is 10.8 Å². The number of hydrogen-bond donors (Lipinski definition) is 0. The highest BCUT2D eigenvalue weighted by atomic mass is 28.3. The average Bonchev–Trinajstić information content (AvgIpc) is 3.68. The quantitative estimate of drug-likeness (QED) is 0.122. The summed E-state index contributed by atoms with van der Waals surface area (Å²) in [4.78, 5) is 0. The number of fused-ring (bicyclic) bond motifs is 1. The Kier molecular flexibility index (Phi) is 9.96. The number of benzene rings is 6. The van der Waals surface area contributed by atoms with E-state index in [2.05, 4.69) is 201 Å². The largest absolute Gasteiger partial charge is 0.456 e. The van der Waals surface area contributed by atoms with Crippen molar-refractivity contribution in [3.63, 3.8) is 0 Å². The van der Waals surface area contributed by atoms with Gasteiger partial charge in [0.25, 0.3) is 0 Å². The van der Waals surface area contributed by atoms with Crippen molar-refractivity contribution in [3.05, 3.63) is 184 Å². The molecule has 0 heterocycles. The van der Waals surface area contributed by atoms with Crippen molar-refractivity contribution < 1.29 is 4.74 Å². The topological polar surface area (TPSA) is 9.23 Å². The number of hydrogen-bond acceptors (Lipinski definition) is 1. The van der Waals surface area contributed by atoms with Crippen LogP contribution in [0.4, 0.5) is 0 Å². The van der Waals surface area contributed by atoms with Crippen molar-refractivity contribution in [2.24, 2.45) is 0 Å². The summed E-state index contributed by atoms with van der Waals surface area (Å²) < 4.78 is 7.29. The van der Waals surface area contributed by atoms with Crippen LogP contribution < -0.4 is 15.1 Å². The lowest BCUT2D eigenvalue weighted by Gasteiger charge is -2.37. The second-order valence-corrected chi connectivity index (χ2v) is 20.7. The summed E-state index contributed by atoms with van der Waals surface area (Å²) >= 11 is 0. The first kappa shape index (κ1) is 36.4. The minimum absolute atomic E-state index is 0.268. The van der Waals surface area contributed by atoms with Crippen LogP contribution >= 0.6 is 0 Å². The molecule has 0 amide bonds. The lowest BCUT2D eigenvalue weighted by Crippen LogP contribution is -2.59. The molecule has 0 spiro atoms. The standard InChI is InChI=1S/C51H54OSi/c1-9-53(10-2,46-31-21-23-38-22-20-30-43(38)46)47-33-32-36(3)37(4)48(47)44-34-41(50(5,6)39-24-14-11-15-25-39)35-45(49(44)52-42-28-18-13-19-29-42)51(7,8)40-26-16-12-17-27-40/h11-21,23-35H,9-10,22H2,1-8H3. The van der Waals surface area contributed by atoms with Crippen LogP contribution in [0.2, 0.25) is 12.1 Å². The van der Waals surface area contributed by atoms with Gasteiger partial charge in [-0.25, -0.2) is 0 Å². The predicted molar refractivity (Wildman–Crippen MR) is 230 cm³/mol. The van der Waals surface area contributed by atoms with Crippen molar-refractivity contribution in [2.45, 2.75) is 84.7 Å². The fourth-order valence-corrected chi connectivity index (χ4v) is 13.5. The number of aryl methyl sites for hydroxylation is 1. The number of para-hydroxylation sites is 1. The minimum atomic E-state index is -2.31. The highest BCUT2D eigenvalue weighted by Gasteiger charge is 2.40. The first-order chi connectivity index (χ1) is 25.5. The molecule has 2 heteroatoms. The number of allylic oxidation sites excluding steroid dienone is 1. The molecular formula is C51H54OSi. The zero-order valence-corrected chi connectivity index (χ0v) is 33.9. The molecule has 0 aliphatic heterocycles. The summed E-state index contributed by atoms with van der Waals surface area (Å²) in [6, 6.07) is 51.5. The molecule has 0 fully saturated rings. The van der Waals surface area contributed by atoms with Crippen LogP contribution in [0.5, 0.6) is 11.5 Å². The van der Waals surface area contributed by atoms with Crippen molar-refractivity contribution in [1.29, 1.82) is 0 Å². The summed E-state index contributed by atoms with van der Waals surface area (Å²) in [6.45, 7) is 19.0. The molecule has 6 aromatic rings. The van der Waals surface area contributed by atoms with Gasteiger partial charge in [-0.1, -0.05) is 181 Å². The van der Waals surface area contributed by atoms with E-state index in [0.29, 0.717) is 0 Å². The highest BCUT2D eigenvalue weighted by Crippen LogP contribution is 2.49. The Labute approximate surface area is 319 Å². The van der Waals surface area contributed by atoms with Crippen LogP contribution in [0.3, 0.4) is 0 Å². The van der Waals surface area contributed by atoms with E-state index in [9.17, 15) is 0 Å². The third kappa shape index (κ3) is 6.42. The molecule has 1 aliphatic carbocycles. The van der Waals surface area contributed by atoms with E-state index in [4.69, 9.17) is 4.74 Å². The molecule has 268 valence electrons. The predicted octanol–water partition coefficient (Wildman–Crippen LogP) is 12.6. The lowest BCUT2D eigenvalue weighted by molar-refractivity contribution is 0.462. The van der Waals surface area contributed by atoms with Crippen molar-refractivity contribution in [1.82, 2.24) is 0 Å². The molecule has 0 radical (unpaired) electrons. The smallest absolute Gasteiger partial charge is 0.139 e. The molecule has 0 N–H and O–H groups in total. The molecule has 1 aliphatic rings. The Balaban J connectivity index is 1.63. The summed E-state index contributed by atoms with van der Waals surface area (Å²) in [5.41, 5.74) is 12.5. The maximum absolute atomic E-state index is 7.29. The first-order valence-corrected chi connectivity index (χ1v) is 21.9. The third-order valence-electron chi connectivity index (χ3n) is 12.5. The van der Waals surface area contributed by atoms with Crippen molar-refractivity contribution in [2.75, 3.05) is 0 Å². The van der Waals surface area contributed by atoms with Crippen LogP contribution in [-0.4, -0.2) is 8.07 Å². The van der Waals surface area contributed by atoms with Gasteiger partial charge in [-0.2, -0.15) is 0 Å². The zero-order chi connectivity index (χ0) is 37.4. The van der Waals surface area contributed by atoms with E-state index in [1.54, 1.807) is 5.19 Å². The summed E-state index contributed by atoms with van der Waals surface area (Å²) in [7, 11) is -2.31. The third-order valence-corrected chi connectivity index (χ3v) is 17.8. The van der Waals surface area contributed by atoms with Gasteiger partial charge in [0.1, 0.15) is 19.6 Å². The zero-order valence-electron chi connectivity index (χ0n) is 32.9.